The molecule has 1 amide bonds. The Kier molecular flexibility index (Phi) is 3.27. The molecule has 2 rings (SSSR count). The molecule has 2 saturated heterocycles. The third kappa shape index (κ3) is 2.51. The van der Waals surface area contributed by atoms with Crippen LogP contribution < -0.4 is 0 Å². The van der Waals surface area contributed by atoms with Gasteiger partial charge in [-0.15, -0.1) is 0 Å². The van der Waals surface area contributed by atoms with Gasteiger partial charge in [-0.2, -0.15) is 0 Å². The highest BCUT2D eigenvalue weighted by Gasteiger charge is 2.26. The van der Waals surface area contributed by atoms with Crippen molar-refractivity contribution in [1.82, 2.24) is 9.80 Å². The Balaban J connectivity index is 1.73. The summed E-state index contributed by atoms with van der Waals surface area (Å²) in [5.41, 5.74) is 0. The Hall–Kier alpha value is -1.01. The maximum atomic E-state index is 11.4. The van der Waals surface area contributed by atoms with E-state index in [1.54, 1.807) is 0 Å². The molecule has 0 aromatic heterocycles. The Morgan fingerprint density at radius 3 is 2.60 bits per heavy atom. The van der Waals surface area contributed by atoms with E-state index >= 15 is 0 Å². The van der Waals surface area contributed by atoms with Crippen LogP contribution in [0.25, 0.3) is 0 Å². The van der Waals surface area contributed by atoms with Gasteiger partial charge in [0.2, 0.25) is 5.91 Å². The highest BCUT2D eigenvalue weighted by molar-refractivity contribution is 5.78. The molecule has 0 bridgehead atoms. The number of carbonyl (C=O) groups is 1. The van der Waals surface area contributed by atoms with Gasteiger partial charge in [-0.3, -0.25) is 9.69 Å². The van der Waals surface area contributed by atoms with Crippen molar-refractivity contribution in [2.45, 2.75) is 32.2 Å². The van der Waals surface area contributed by atoms with Crippen LogP contribution in [0.15, 0.2) is 0 Å². The first-order chi connectivity index (χ1) is 7.27. The van der Waals surface area contributed by atoms with E-state index in [4.69, 9.17) is 0 Å². The van der Waals surface area contributed by atoms with Crippen LogP contribution in [0.4, 0.5) is 0 Å². The zero-order chi connectivity index (χ0) is 10.7. The maximum Gasteiger partial charge on any atom is 0.223 e. The summed E-state index contributed by atoms with van der Waals surface area (Å²) < 4.78 is 0. The second-order valence-corrected chi connectivity index (χ2v) is 4.39. The van der Waals surface area contributed by atoms with Crippen LogP contribution in [-0.4, -0.2) is 47.9 Å². The molecule has 1 unspecified atom stereocenters. The first-order valence-corrected chi connectivity index (χ1v) is 5.75. The number of rotatable bonds is 2. The number of carbonyl (C=O) groups excluding carboxylic acids is 1. The van der Waals surface area contributed by atoms with Crippen molar-refractivity contribution < 1.29 is 4.79 Å². The van der Waals surface area contributed by atoms with E-state index in [0.29, 0.717) is 19.0 Å². The molecular weight excluding hydrogens is 188 g/mol. The van der Waals surface area contributed by atoms with Gasteiger partial charge in [0.25, 0.3) is 0 Å². The quantitative estimate of drug-likeness (QED) is 0.621. The first-order valence-electron chi connectivity index (χ1n) is 5.75. The zero-order valence-electron chi connectivity index (χ0n) is 9.33. The molecule has 2 aliphatic rings. The van der Waals surface area contributed by atoms with Crippen molar-refractivity contribution in [1.29, 1.82) is 0 Å². The highest BCUT2D eigenvalue weighted by atomic mass is 16.2. The van der Waals surface area contributed by atoms with E-state index in [1.807, 2.05) is 4.90 Å². The Morgan fingerprint density at radius 2 is 2.07 bits per heavy atom. The summed E-state index contributed by atoms with van der Waals surface area (Å²) in [5, 5.41) is 0. The van der Waals surface area contributed by atoms with Crippen molar-refractivity contribution >= 4 is 5.91 Å². The molecule has 0 spiro atoms. The predicted molar refractivity (Wildman–Crippen MR) is 59.2 cm³/mol. The number of amides is 1. The monoisotopic (exact) mass is 206 g/mol. The van der Waals surface area contributed by atoms with Crippen LogP contribution >= 0.6 is 0 Å². The summed E-state index contributed by atoms with van der Waals surface area (Å²) in [4.78, 5) is 15.6. The van der Waals surface area contributed by atoms with E-state index in [2.05, 4.69) is 23.7 Å². The Labute approximate surface area is 91.4 Å². The van der Waals surface area contributed by atoms with Crippen LogP contribution in [0.2, 0.25) is 0 Å². The van der Waals surface area contributed by atoms with Gasteiger partial charge >= 0.3 is 0 Å². The van der Waals surface area contributed by atoms with Gasteiger partial charge in [-0.05, 0) is 19.8 Å². The van der Waals surface area contributed by atoms with Crippen molar-refractivity contribution in [3.05, 3.63) is 0 Å². The molecule has 3 nitrogen and oxygen atoms in total. The summed E-state index contributed by atoms with van der Waals surface area (Å²) in [7, 11) is 0. The molecule has 0 aliphatic carbocycles. The van der Waals surface area contributed by atoms with Crippen LogP contribution in [0.1, 0.15) is 26.2 Å². The molecule has 3 heteroatoms. The fraction of sp³-hybridized carbons (Fsp3) is 0.750. The average Bonchev–Trinajstić information content (AvgIpc) is 2.45. The minimum Gasteiger partial charge on any atom is -0.329 e. The second-order valence-electron chi connectivity index (χ2n) is 4.39. The molecule has 0 radical (unpaired) electrons. The minimum atomic E-state index is 0.265. The van der Waals surface area contributed by atoms with Gasteiger partial charge in [0.1, 0.15) is 0 Å². The molecule has 1 atom stereocenters. The van der Waals surface area contributed by atoms with Gasteiger partial charge in [0, 0.05) is 25.6 Å². The third-order valence-electron chi connectivity index (χ3n) is 3.25. The topological polar surface area (TPSA) is 23.6 Å². The van der Waals surface area contributed by atoms with E-state index in [0.717, 1.165) is 13.0 Å². The number of likely N-dealkylation sites (tertiary alicyclic amines) is 2. The van der Waals surface area contributed by atoms with Gasteiger partial charge in [0.05, 0.1) is 13.1 Å². The minimum absolute atomic E-state index is 0.265. The molecule has 15 heavy (non-hydrogen) atoms. The largest absolute Gasteiger partial charge is 0.329 e. The smallest absolute Gasteiger partial charge is 0.223 e. The molecule has 2 aliphatic heterocycles. The lowest BCUT2D eigenvalue weighted by Crippen LogP contribution is -2.37. The van der Waals surface area contributed by atoms with Gasteiger partial charge < -0.3 is 4.90 Å². The standard InChI is InChI=1S/C12H18N2O/c1-11-5-6-12(15)14(11)10-3-2-7-13-8-4-9-13/h11H,4-10H2,1H3. The summed E-state index contributed by atoms with van der Waals surface area (Å²) >= 11 is 0. The third-order valence-corrected chi connectivity index (χ3v) is 3.25. The molecule has 0 aromatic rings. The van der Waals surface area contributed by atoms with Crippen molar-refractivity contribution in [3.8, 4) is 11.8 Å². The summed E-state index contributed by atoms with van der Waals surface area (Å²) in [6.45, 7) is 5.97. The molecule has 82 valence electrons. The normalized spacial score (nSPS) is 26.1. The number of hydrogen-bond acceptors (Lipinski definition) is 2. The molecule has 0 aromatic carbocycles. The van der Waals surface area contributed by atoms with Crippen LogP contribution in [0, 0.1) is 11.8 Å². The summed E-state index contributed by atoms with van der Waals surface area (Å²) in [6, 6.07) is 0.385. The van der Waals surface area contributed by atoms with E-state index in [-0.39, 0.29) is 5.91 Å². The Morgan fingerprint density at radius 1 is 1.33 bits per heavy atom. The van der Waals surface area contributed by atoms with Crippen molar-refractivity contribution in [2.75, 3.05) is 26.2 Å². The molecule has 0 saturated carbocycles. The zero-order valence-corrected chi connectivity index (χ0v) is 9.33. The lowest BCUT2D eigenvalue weighted by Gasteiger charge is -2.28. The predicted octanol–water partition coefficient (Wildman–Crippen LogP) is 0.706. The van der Waals surface area contributed by atoms with Crippen LogP contribution in [0.5, 0.6) is 0 Å². The van der Waals surface area contributed by atoms with Crippen molar-refractivity contribution in [3.63, 3.8) is 0 Å². The van der Waals surface area contributed by atoms with Gasteiger partial charge in [0.15, 0.2) is 0 Å². The molecule has 2 fully saturated rings. The fourth-order valence-electron chi connectivity index (χ4n) is 1.97. The average molecular weight is 206 g/mol. The van der Waals surface area contributed by atoms with E-state index in [1.165, 1.54) is 19.5 Å². The lowest BCUT2D eigenvalue weighted by molar-refractivity contribution is -0.128. The summed E-state index contributed by atoms with van der Waals surface area (Å²) in [6.07, 6.45) is 3.00. The number of hydrogen-bond donors (Lipinski definition) is 0. The van der Waals surface area contributed by atoms with E-state index < -0.39 is 0 Å². The number of nitrogens with zero attached hydrogens (tertiary/aromatic N) is 2. The fourth-order valence-corrected chi connectivity index (χ4v) is 1.97. The molecule has 0 N–H and O–H groups in total. The second kappa shape index (κ2) is 4.67. The van der Waals surface area contributed by atoms with Gasteiger partial charge in [-0.1, -0.05) is 11.8 Å². The maximum absolute atomic E-state index is 11.4. The first kappa shape index (κ1) is 10.5. The highest BCUT2D eigenvalue weighted by Crippen LogP contribution is 2.16. The van der Waals surface area contributed by atoms with Crippen LogP contribution in [-0.2, 0) is 4.79 Å². The van der Waals surface area contributed by atoms with Gasteiger partial charge in [-0.25, -0.2) is 0 Å². The molecular formula is C12H18N2O. The molecule has 2 heterocycles. The summed E-state index contributed by atoms with van der Waals surface area (Å²) in [5.74, 6) is 6.50. The van der Waals surface area contributed by atoms with Crippen molar-refractivity contribution in [2.24, 2.45) is 0 Å². The van der Waals surface area contributed by atoms with E-state index in [9.17, 15) is 4.79 Å². The Bertz CT molecular complexity index is 298. The SMILES string of the molecule is CC1CCC(=O)N1CC#CCN1CCC1. The van der Waals surface area contributed by atoms with Crippen LogP contribution in [0.3, 0.4) is 0 Å². The lowest BCUT2D eigenvalue weighted by atomic mass is 10.2.